The monoisotopic (exact) mass is 440 g/mol. The van der Waals surface area contributed by atoms with Crippen LogP contribution in [0.25, 0.3) is 17.5 Å². The van der Waals surface area contributed by atoms with E-state index in [1.165, 1.54) is 19.1 Å². The summed E-state index contributed by atoms with van der Waals surface area (Å²) < 4.78 is 11.3. The average Bonchev–Trinajstić information content (AvgIpc) is 3.08. The molecule has 9 nitrogen and oxygen atoms in total. The van der Waals surface area contributed by atoms with Crippen molar-refractivity contribution in [3.05, 3.63) is 55.0 Å². The topological polar surface area (TPSA) is 128 Å². The molecule has 0 spiro atoms. The highest BCUT2D eigenvalue weighted by molar-refractivity contribution is 7.07. The third-order valence-electron chi connectivity index (χ3n) is 4.78. The standard InChI is InChI=1S/C21H20N4O5S/c1-24(2)20(28)17-16(11-6-5-7-12(8-11)29-3)13(10-22)18(23)25-19(27)14(31-21(17)25)9-15(26)30-4/h5-9,16H,23H2,1-4H3/b14-9-. The first-order chi connectivity index (χ1) is 14.7. The highest BCUT2D eigenvalue weighted by Crippen LogP contribution is 2.37. The number of hydrogen-bond acceptors (Lipinski definition) is 8. The van der Waals surface area contributed by atoms with Gasteiger partial charge in [-0.1, -0.05) is 12.1 Å². The highest BCUT2D eigenvalue weighted by Gasteiger charge is 2.36. The molecule has 0 radical (unpaired) electrons. The van der Waals surface area contributed by atoms with Gasteiger partial charge in [0, 0.05) is 20.2 Å². The minimum atomic E-state index is -0.820. The summed E-state index contributed by atoms with van der Waals surface area (Å²) in [5, 5.41) is 9.91. The number of esters is 1. The van der Waals surface area contributed by atoms with Crippen LogP contribution in [0.3, 0.4) is 0 Å². The molecule has 0 saturated heterocycles. The lowest BCUT2D eigenvalue weighted by Gasteiger charge is -2.27. The molecule has 160 valence electrons. The van der Waals surface area contributed by atoms with Gasteiger partial charge in [-0.15, -0.1) is 11.3 Å². The SMILES string of the molecule is COC(=O)/C=c1\sc2n(c1=O)C(N)=C(C#N)C(c1cccc(OC)c1)C=2C(=O)N(C)C. The van der Waals surface area contributed by atoms with E-state index in [-0.39, 0.29) is 26.2 Å². The first-order valence-corrected chi connectivity index (χ1v) is 9.88. The first-order valence-electron chi connectivity index (χ1n) is 9.06. The van der Waals surface area contributed by atoms with Crippen molar-refractivity contribution in [1.82, 2.24) is 9.47 Å². The molecule has 1 unspecified atom stereocenters. The number of nitriles is 1. The maximum atomic E-state index is 13.2. The second-order valence-electron chi connectivity index (χ2n) is 6.81. The van der Waals surface area contributed by atoms with E-state index < -0.39 is 23.4 Å². The molecule has 3 rings (SSSR count). The van der Waals surface area contributed by atoms with Crippen LogP contribution in [0.1, 0.15) is 11.5 Å². The lowest BCUT2D eigenvalue weighted by atomic mass is 9.83. The number of amides is 1. The summed E-state index contributed by atoms with van der Waals surface area (Å²) in [5.41, 5.74) is 6.50. The minimum absolute atomic E-state index is 0.0393. The molecular weight excluding hydrogens is 420 g/mol. The predicted molar refractivity (Wildman–Crippen MR) is 115 cm³/mol. The van der Waals surface area contributed by atoms with Crippen molar-refractivity contribution in [3.63, 3.8) is 0 Å². The van der Waals surface area contributed by atoms with Crippen molar-refractivity contribution in [2.45, 2.75) is 5.92 Å². The number of thiazole rings is 1. The molecule has 1 aromatic carbocycles. The molecule has 0 bridgehead atoms. The predicted octanol–water partition coefficient (Wildman–Crippen LogP) is -0.441. The lowest BCUT2D eigenvalue weighted by Crippen LogP contribution is -2.41. The number of benzene rings is 1. The van der Waals surface area contributed by atoms with Crippen LogP contribution in [0.15, 0.2) is 34.6 Å². The van der Waals surface area contributed by atoms with Crippen molar-refractivity contribution in [1.29, 1.82) is 5.26 Å². The van der Waals surface area contributed by atoms with E-state index in [9.17, 15) is 19.6 Å². The molecule has 2 heterocycles. The van der Waals surface area contributed by atoms with E-state index in [0.717, 1.165) is 22.0 Å². The fourth-order valence-corrected chi connectivity index (χ4v) is 4.45. The van der Waals surface area contributed by atoms with Crippen LogP contribution in [-0.2, 0) is 14.3 Å². The smallest absolute Gasteiger partial charge is 0.332 e. The average molecular weight is 440 g/mol. The van der Waals surface area contributed by atoms with Gasteiger partial charge in [0.25, 0.3) is 11.5 Å². The van der Waals surface area contributed by atoms with Crippen molar-refractivity contribution in [3.8, 4) is 11.8 Å². The number of hydrogen-bond donors (Lipinski definition) is 1. The number of nitrogens with two attached hydrogens (primary N) is 1. The second-order valence-corrected chi connectivity index (χ2v) is 7.84. The Hall–Kier alpha value is -3.84. The van der Waals surface area contributed by atoms with Gasteiger partial charge in [0.15, 0.2) is 0 Å². The van der Waals surface area contributed by atoms with Crippen molar-refractivity contribution < 1.29 is 19.1 Å². The Morgan fingerprint density at radius 2 is 2.03 bits per heavy atom. The molecule has 1 aliphatic rings. The molecule has 2 N–H and O–H groups in total. The zero-order chi connectivity index (χ0) is 22.9. The van der Waals surface area contributed by atoms with Crippen molar-refractivity contribution in [2.24, 2.45) is 5.73 Å². The number of rotatable bonds is 4. The Morgan fingerprint density at radius 1 is 1.32 bits per heavy atom. The quantitative estimate of drug-likeness (QED) is 0.639. The fraction of sp³-hybridized carbons (Fsp3) is 0.238. The molecule has 0 saturated carbocycles. The minimum Gasteiger partial charge on any atom is -0.497 e. The Balaban J connectivity index is 2.50. The van der Waals surface area contributed by atoms with Gasteiger partial charge in [-0.25, -0.2) is 4.79 Å². The largest absolute Gasteiger partial charge is 0.497 e. The van der Waals surface area contributed by atoms with Gasteiger partial charge >= 0.3 is 5.97 Å². The number of carbonyl (C=O) groups is 2. The van der Waals surface area contributed by atoms with Gasteiger partial charge in [0.1, 0.15) is 20.8 Å². The van der Waals surface area contributed by atoms with E-state index in [0.29, 0.717) is 11.3 Å². The van der Waals surface area contributed by atoms with Crippen LogP contribution >= 0.6 is 11.3 Å². The summed E-state index contributed by atoms with van der Waals surface area (Å²) in [6.07, 6.45) is 1.04. The summed E-state index contributed by atoms with van der Waals surface area (Å²) in [6, 6.07) is 9.00. The molecule has 1 aromatic heterocycles. The summed E-state index contributed by atoms with van der Waals surface area (Å²) >= 11 is 0.939. The molecule has 1 amide bonds. The van der Waals surface area contributed by atoms with Crippen LogP contribution in [0.2, 0.25) is 0 Å². The van der Waals surface area contributed by atoms with Crippen LogP contribution in [0, 0.1) is 11.3 Å². The molecule has 1 aliphatic heterocycles. The van der Waals surface area contributed by atoms with Crippen LogP contribution in [0.5, 0.6) is 5.75 Å². The third kappa shape index (κ3) is 3.71. The summed E-state index contributed by atoms with van der Waals surface area (Å²) in [7, 11) is 5.85. The molecule has 1 atom stereocenters. The van der Waals surface area contributed by atoms with Gasteiger partial charge in [-0.3, -0.25) is 14.2 Å². The summed E-state index contributed by atoms with van der Waals surface area (Å²) in [4.78, 5) is 39.3. The van der Waals surface area contributed by atoms with Crippen molar-refractivity contribution >= 4 is 40.7 Å². The number of allylic oxidation sites excluding steroid dienone is 1. The molecule has 0 fully saturated rings. The number of carbonyl (C=O) groups excluding carboxylic acids is 2. The number of fused-ring (bicyclic) bond motifs is 1. The van der Waals surface area contributed by atoms with Gasteiger partial charge in [0.05, 0.1) is 37.4 Å². The molecule has 0 aliphatic carbocycles. The van der Waals surface area contributed by atoms with E-state index in [4.69, 9.17) is 10.5 Å². The Morgan fingerprint density at radius 3 is 2.61 bits per heavy atom. The van der Waals surface area contributed by atoms with E-state index in [1.807, 2.05) is 0 Å². The molecular formula is C21H20N4O5S. The number of nitrogens with zero attached hydrogens (tertiary/aromatic N) is 3. The maximum Gasteiger partial charge on any atom is 0.332 e. The van der Waals surface area contributed by atoms with Crippen LogP contribution in [-0.4, -0.2) is 49.7 Å². The second kappa shape index (κ2) is 8.49. The normalized spacial score (nSPS) is 15.9. The van der Waals surface area contributed by atoms with Crippen LogP contribution < -0.4 is 25.2 Å². The van der Waals surface area contributed by atoms with Gasteiger partial charge in [0.2, 0.25) is 0 Å². The van der Waals surface area contributed by atoms with Gasteiger partial charge in [-0.2, -0.15) is 5.26 Å². The fourth-order valence-electron chi connectivity index (χ4n) is 3.32. The Labute approximate surface area is 181 Å². The van der Waals surface area contributed by atoms with E-state index in [2.05, 4.69) is 10.8 Å². The molecule has 10 heteroatoms. The van der Waals surface area contributed by atoms with Crippen molar-refractivity contribution in [2.75, 3.05) is 28.3 Å². The number of methoxy groups -OCH3 is 2. The highest BCUT2D eigenvalue weighted by atomic mass is 32.1. The van der Waals surface area contributed by atoms with Crippen LogP contribution in [0.4, 0.5) is 0 Å². The zero-order valence-corrected chi connectivity index (χ0v) is 18.1. The number of ether oxygens (including phenoxy) is 2. The lowest BCUT2D eigenvalue weighted by molar-refractivity contribution is -0.133. The molecule has 31 heavy (non-hydrogen) atoms. The van der Waals surface area contributed by atoms with Gasteiger partial charge in [-0.05, 0) is 17.7 Å². The van der Waals surface area contributed by atoms with E-state index in [1.54, 1.807) is 38.4 Å². The summed E-state index contributed by atoms with van der Waals surface area (Å²) in [6.45, 7) is 0. The zero-order valence-electron chi connectivity index (χ0n) is 17.3. The molecule has 2 aromatic rings. The summed E-state index contributed by atoms with van der Waals surface area (Å²) in [5.74, 6) is -1.49. The Bertz CT molecular complexity index is 1330. The Kier molecular flexibility index (Phi) is 5.99. The maximum absolute atomic E-state index is 13.2. The first kappa shape index (κ1) is 21.9. The van der Waals surface area contributed by atoms with Gasteiger partial charge < -0.3 is 20.1 Å². The third-order valence-corrected chi connectivity index (χ3v) is 5.89. The number of aromatic nitrogens is 1. The van der Waals surface area contributed by atoms with E-state index >= 15 is 0 Å².